The summed E-state index contributed by atoms with van der Waals surface area (Å²) in [5, 5.41) is 0. The topological polar surface area (TPSA) is 26.0 Å². The molecule has 0 aliphatic rings. The highest BCUT2D eigenvalue weighted by Crippen LogP contribution is 2.22. The molecule has 0 radical (unpaired) electrons. The summed E-state index contributed by atoms with van der Waals surface area (Å²) in [6.45, 7) is 0. The minimum Gasteiger partial charge on any atom is -0.324 e. The first-order valence-corrected chi connectivity index (χ1v) is 4.10. The van der Waals surface area contributed by atoms with Crippen LogP contribution in [0.2, 0.25) is 0 Å². The first-order chi connectivity index (χ1) is 6.91. The van der Waals surface area contributed by atoms with Crippen molar-refractivity contribution in [1.82, 2.24) is 0 Å². The van der Waals surface area contributed by atoms with Gasteiger partial charge < -0.3 is 5.73 Å². The molecule has 0 saturated heterocycles. The number of nitrogens with two attached hydrogens (primary N) is 1. The summed E-state index contributed by atoms with van der Waals surface area (Å²) in [4.78, 5) is 0. The summed E-state index contributed by atoms with van der Waals surface area (Å²) in [5.41, 5.74) is 5.06. The van der Waals surface area contributed by atoms with E-state index in [1.165, 1.54) is 0 Å². The van der Waals surface area contributed by atoms with Gasteiger partial charge in [-0.1, -0.05) is 0 Å². The fourth-order valence-electron chi connectivity index (χ4n) is 1.12. The third-order valence-electron chi connectivity index (χ3n) is 1.87. The highest BCUT2D eigenvalue weighted by molar-refractivity contribution is 5.22. The lowest BCUT2D eigenvalue weighted by Crippen LogP contribution is -2.15. The molecular weight excluding hydrogens is 217 g/mol. The van der Waals surface area contributed by atoms with Crippen LogP contribution >= 0.6 is 0 Å². The number of benzene rings is 1. The van der Waals surface area contributed by atoms with Gasteiger partial charge in [0, 0.05) is 12.5 Å². The molecule has 0 bridgehead atoms. The molecule has 0 saturated carbocycles. The van der Waals surface area contributed by atoms with Gasteiger partial charge in [-0.15, -0.1) is 0 Å². The Hall–Kier alpha value is -1.17. The Morgan fingerprint density at radius 1 is 1.07 bits per heavy atom. The lowest BCUT2D eigenvalue weighted by molar-refractivity contribution is 0.128. The summed E-state index contributed by atoms with van der Waals surface area (Å²) >= 11 is 0. The lowest BCUT2D eigenvalue weighted by atomic mass is 10.0. The minimum atomic E-state index is -2.68. The molecule has 0 fully saturated rings. The van der Waals surface area contributed by atoms with Crippen LogP contribution in [0.1, 0.15) is 18.0 Å². The van der Waals surface area contributed by atoms with Crippen LogP contribution in [0.4, 0.5) is 22.0 Å². The second kappa shape index (κ2) is 4.57. The fourth-order valence-corrected chi connectivity index (χ4v) is 1.12. The highest BCUT2D eigenvalue weighted by Gasteiger charge is 2.17. The zero-order chi connectivity index (χ0) is 11.6. The van der Waals surface area contributed by atoms with Crippen molar-refractivity contribution in [2.24, 2.45) is 5.73 Å². The number of hydrogen-bond donors (Lipinski definition) is 1. The quantitative estimate of drug-likeness (QED) is 0.621. The highest BCUT2D eigenvalue weighted by atomic mass is 19.3. The SMILES string of the molecule is N[C@@H](CC(F)F)c1cc(F)c(F)c(F)c1. The monoisotopic (exact) mass is 225 g/mol. The van der Waals surface area contributed by atoms with E-state index < -0.39 is 36.3 Å². The van der Waals surface area contributed by atoms with Crippen LogP contribution in [-0.4, -0.2) is 6.43 Å². The van der Waals surface area contributed by atoms with Crippen LogP contribution < -0.4 is 5.73 Å². The van der Waals surface area contributed by atoms with E-state index in [0.717, 1.165) is 0 Å². The van der Waals surface area contributed by atoms with Crippen molar-refractivity contribution >= 4 is 0 Å². The smallest absolute Gasteiger partial charge is 0.240 e. The molecule has 2 N–H and O–H groups in total. The molecule has 1 aromatic carbocycles. The van der Waals surface area contributed by atoms with Gasteiger partial charge in [0.15, 0.2) is 17.5 Å². The Morgan fingerprint density at radius 3 is 1.93 bits per heavy atom. The Kier molecular flexibility index (Phi) is 3.62. The normalized spacial score (nSPS) is 13.3. The average Bonchev–Trinajstić information content (AvgIpc) is 2.12. The number of rotatable bonds is 3. The van der Waals surface area contributed by atoms with Crippen LogP contribution in [0.3, 0.4) is 0 Å². The molecule has 0 heterocycles. The Balaban J connectivity index is 2.95. The maximum absolute atomic E-state index is 12.7. The molecule has 0 spiro atoms. The molecular formula is C9H8F5N. The standard InChI is InChI=1S/C9H8F5N/c10-5-1-4(2-6(11)9(5)14)7(15)3-8(12)13/h1-2,7-8H,3,15H2/t7-/m0/s1. The lowest BCUT2D eigenvalue weighted by Gasteiger charge is -2.11. The van der Waals surface area contributed by atoms with Crippen molar-refractivity contribution in [2.45, 2.75) is 18.9 Å². The Labute approximate surface area is 82.7 Å². The van der Waals surface area contributed by atoms with E-state index in [0.29, 0.717) is 12.1 Å². The molecule has 0 aliphatic heterocycles. The van der Waals surface area contributed by atoms with Crippen molar-refractivity contribution < 1.29 is 22.0 Å². The van der Waals surface area contributed by atoms with Gasteiger partial charge in [0.2, 0.25) is 6.43 Å². The molecule has 1 atom stereocenters. The van der Waals surface area contributed by atoms with E-state index in [4.69, 9.17) is 5.73 Å². The molecule has 6 heteroatoms. The zero-order valence-corrected chi connectivity index (χ0v) is 7.48. The molecule has 1 nitrogen and oxygen atoms in total. The van der Waals surface area contributed by atoms with Gasteiger partial charge in [-0.05, 0) is 17.7 Å². The average molecular weight is 225 g/mol. The number of hydrogen-bond acceptors (Lipinski definition) is 1. The van der Waals surface area contributed by atoms with Crippen molar-refractivity contribution in [1.29, 1.82) is 0 Å². The van der Waals surface area contributed by atoms with Gasteiger partial charge >= 0.3 is 0 Å². The summed E-state index contributed by atoms with van der Waals surface area (Å²) < 4.78 is 61.7. The molecule has 0 unspecified atom stereocenters. The fraction of sp³-hybridized carbons (Fsp3) is 0.333. The van der Waals surface area contributed by atoms with Crippen LogP contribution in [-0.2, 0) is 0 Å². The van der Waals surface area contributed by atoms with Crippen molar-refractivity contribution in [2.75, 3.05) is 0 Å². The Morgan fingerprint density at radius 2 is 1.53 bits per heavy atom. The molecule has 1 rings (SSSR count). The number of alkyl halides is 2. The molecule has 0 amide bonds. The van der Waals surface area contributed by atoms with Crippen molar-refractivity contribution in [3.8, 4) is 0 Å². The number of halogens is 5. The third-order valence-corrected chi connectivity index (χ3v) is 1.87. The summed E-state index contributed by atoms with van der Waals surface area (Å²) in [6, 6.07) is 0.0197. The Bertz CT molecular complexity index is 329. The van der Waals surface area contributed by atoms with Crippen LogP contribution in [0.5, 0.6) is 0 Å². The maximum Gasteiger partial charge on any atom is 0.240 e. The van der Waals surface area contributed by atoms with Crippen molar-refractivity contribution in [3.05, 3.63) is 35.1 Å². The summed E-state index contributed by atoms with van der Waals surface area (Å²) in [5.74, 6) is -4.51. The minimum absolute atomic E-state index is 0.188. The molecule has 0 aromatic heterocycles. The van der Waals surface area contributed by atoms with E-state index in [2.05, 4.69) is 0 Å². The molecule has 15 heavy (non-hydrogen) atoms. The second-order valence-electron chi connectivity index (χ2n) is 3.03. The molecule has 1 aromatic rings. The largest absolute Gasteiger partial charge is 0.324 e. The van der Waals surface area contributed by atoms with Gasteiger partial charge in [-0.25, -0.2) is 22.0 Å². The third kappa shape index (κ3) is 2.89. The first-order valence-electron chi connectivity index (χ1n) is 4.10. The van der Waals surface area contributed by atoms with Gasteiger partial charge in [-0.3, -0.25) is 0 Å². The van der Waals surface area contributed by atoms with Gasteiger partial charge in [0.1, 0.15) is 0 Å². The van der Waals surface area contributed by atoms with Gasteiger partial charge in [0.05, 0.1) is 0 Å². The van der Waals surface area contributed by atoms with Gasteiger partial charge in [0.25, 0.3) is 0 Å². The van der Waals surface area contributed by atoms with Crippen LogP contribution in [0.25, 0.3) is 0 Å². The van der Waals surface area contributed by atoms with E-state index in [9.17, 15) is 22.0 Å². The van der Waals surface area contributed by atoms with E-state index in [1.807, 2.05) is 0 Å². The predicted octanol–water partition coefficient (Wildman–Crippen LogP) is 2.76. The van der Waals surface area contributed by atoms with Crippen LogP contribution in [0.15, 0.2) is 12.1 Å². The zero-order valence-electron chi connectivity index (χ0n) is 7.48. The maximum atomic E-state index is 12.7. The van der Waals surface area contributed by atoms with Crippen LogP contribution in [0, 0.1) is 17.5 Å². The van der Waals surface area contributed by atoms with E-state index in [1.54, 1.807) is 0 Å². The van der Waals surface area contributed by atoms with E-state index >= 15 is 0 Å². The molecule has 0 aliphatic carbocycles. The summed E-state index contributed by atoms with van der Waals surface area (Å²) in [7, 11) is 0. The summed E-state index contributed by atoms with van der Waals surface area (Å²) in [6.07, 6.45) is -3.42. The van der Waals surface area contributed by atoms with Gasteiger partial charge in [-0.2, -0.15) is 0 Å². The van der Waals surface area contributed by atoms with E-state index in [-0.39, 0.29) is 5.56 Å². The predicted molar refractivity (Wildman–Crippen MR) is 43.9 cm³/mol. The van der Waals surface area contributed by atoms with Crippen molar-refractivity contribution in [3.63, 3.8) is 0 Å². The molecule has 84 valence electrons. The first kappa shape index (κ1) is 11.9. The second-order valence-corrected chi connectivity index (χ2v) is 3.03.